The number of nitrogens with one attached hydrogen (secondary N) is 1. The van der Waals surface area contributed by atoms with Crippen molar-refractivity contribution in [1.29, 1.82) is 0 Å². The predicted octanol–water partition coefficient (Wildman–Crippen LogP) is 3.17. The summed E-state index contributed by atoms with van der Waals surface area (Å²) in [6.07, 6.45) is 10.6. The van der Waals surface area contributed by atoms with Gasteiger partial charge in [0.05, 0.1) is 0 Å². The van der Waals surface area contributed by atoms with Gasteiger partial charge in [0, 0.05) is 70.6 Å². The van der Waals surface area contributed by atoms with Gasteiger partial charge in [0.15, 0.2) is 5.78 Å². The molecule has 2 heterocycles. The van der Waals surface area contributed by atoms with Crippen LogP contribution in [0.15, 0.2) is 11.8 Å². The van der Waals surface area contributed by atoms with Crippen molar-refractivity contribution < 1.29 is 9.59 Å². The number of urea groups is 1. The monoisotopic (exact) mass is 461 g/mol. The largest absolute Gasteiger partial charge is 0.383 e. The Kier molecular flexibility index (Phi) is 10.0. The number of nitrogens with zero attached hydrogens (tertiary/aromatic N) is 4. The van der Waals surface area contributed by atoms with E-state index in [-0.39, 0.29) is 17.9 Å². The summed E-state index contributed by atoms with van der Waals surface area (Å²) < 4.78 is 0. The van der Waals surface area contributed by atoms with Crippen LogP contribution in [0.1, 0.15) is 65.2 Å². The van der Waals surface area contributed by atoms with Gasteiger partial charge in [-0.1, -0.05) is 19.8 Å². The van der Waals surface area contributed by atoms with Gasteiger partial charge in [0.25, 0.3) is 0 Å². The Morgan fingerprint density at radius 3 is 2.45 bits per heavy atom. The highest BCUT2D eigenvalue weighted by Crippen LogP contribution is 2.36. The van der Waals surface area contributed by atoms with Crippen LogP contribution in [-0.4, -0.2) is 103 Å². The smallest absolute Gasteiger partial charge is 0.317 e. The zero-order valence-corrected chi connectivity index (χ0v) is 21.5. The van der Waals surface area contributed by atoms with Crippen molar-refractivity contribution in [2.45, 2.75) is 77.3 Å². The molecule has 3 aliphatic rings. The van der Waals surface area contributed by atoms with E-state index in [9.17, 15) is 9.59 Å². The van der Waals surface area contributed by atoms with Crippen molar-refractivity contribution in [1.82, 2.24) is 24.9 Å². The van der Waals surface area contributed by atoms with Gasteiger partial charge in [-0.25, -0.2) is 4.79 Å². The number of amides is 2. The molecule has 0 bridgehead atoms. The maximum absolute atomic E-state index is 13.1. The van der Waals surface area contributed by atoms with E-state index in [1.165, 1.54) is 25.7 Å². The maximum atomic E-state index is 13.1. The van der Waals surface area contributed by atoms with E-state index in [1.54, 1.807) is 0 Å². The molecular formula is C26H47N5O2. The molecule has 0 aromatic rings. The third-order valence-corrected chi connectivity index (χ3v) is 7.60. The Hall–Kier alpha value is -1.60. The number of ketones is 1. The molecule has 0 aromatic heterocycles. The van der Waals surface area contributed by atoms with Crippen LogP contribution in [0.3, 0.4) is 0 Å². The number of likely N-dealkylation sites (N-methyl/N-ethyl adjacent to an activating group) is 1. The molecule has 2 saturated heterocycles. The van der Waals surface area contributed by atoms with Crippen LogP contribution in [0.25, 0.3) is 0 Å². The van der Waals surface area contributed by atoms with Gasteiger partial charge in [-0.05, 0) is 64.6 Å². The van der Waals surface area contributed by atoms with Gasteiger partial charge < -0.3 is 20.0 Å². The van der Waals surface area contributed by atoms with Crippen LogP contribution in [0, 0.1) is 5.92 Å². The van der Waals surface area contributed by atoms with Gasteiger partial charge in [-0.15, -0.1) is 0 Å². The highest BCUT2D eigenvalue weighted by Gasteiger charge is 2.41. The number of likely N-dealkylation sites (tertiary alicyclic amines) is 2. The van der Waals surface area contributed by atoms with Gasteiger partial charge in [0.1, 0.15) is 0 Å². The molecule has 33 heavy (non-hydrogen) atoms. The number of carbonyl (C=O) groups excluding carboxylic acids is 2. The number of hydrogen-bond acceptors (Lipinski definition) is 5. The van der Waals surface area contributed by atoms with E-state index in [0.29, 0.717) is 18.4 Å². The van der Waals surface area contributed by atoms with Crippen LogP contribution >= 0.6 is 0 Å². The lowest BCUT2D eigenvalue weighted by Crippen LogP contribution is -2.59. The molecule has 0 spiro atoms. The molecule has 7 nitrogen and oxygen atoms in total. The van der Waals surface area contributed by atoms with Crippen molar-refractivity contribution in [3.8, 4) is 0 Å². The summed E-state index contributed by atoms with van der Waals surface area (Å²) in [6, 6.07) is 0.583. The summed E-state index contributed by atoms with van der Waals surface area (Å²) in [7, 11) is 3.96. The lowest BCUT2D eigenvalue weighted by atomic mass is 9.74. The molecule has 0 radical (unpaired) electrons. The molecule has 188 valence electrons. The second-order valence-electron chi connectivity index (χ2n) is 10.5. The van der Waals surface area contributed by atoms with Crippen molar-refractivity contribution >= 4 is 11.8 Å². The molecule has 3 rings (SSSR count). The molecule has 0 aromatic carbocycles. The lowest BCUT2D eigenvalue weighted by Gasteiger charge is -2.47. The summed E-state index contributed by atoms with van der Waals surface area (Å²) in [5.41, 5.74) is 0.954. The van der Waals surface area contributed by atoms with Gasteiger partial charge >= 0.3 is 6.03 Å². The Morgan fingerprint density at radius 2 is 1.82 bits per heavy atom. The van der Waals surface area contributed by atoms with Crippen molar-refractivity contribution in [3.63, 3.8) is 0 Å². The fraction of sp³-hybridized carbons (Fsp3) is 0.846. The molecule has 1 N–H and O–H groups in total. The fourth-order valence-electron chi connectivity index (χ4n) is 5.91. The van der Waals surface area contributed by atoms with Crippen molar-refractivity contribution in [2.24, 2.45) is 5.92 Å². The number of hydrogen-bond donors (Lipinski definition) is 1. The zero-order chi connectivity index (χ0) is 23.8. The lowest BCUT2D eigenvalue weighted by molar-refractivity contribution is -0.119. The topological polar surface area (TPSA) is 59.1 Å². The second-order valence-corrected chi connectivity index (χ2v) is 10.5. The van der Waals surface area contributed by atoms with Crippen molar-refractivity contribution in [2.75, 3.05) is 59.9 Å². The summed E-state index contributed by atoms with van der Waals surface area (Å²) >= 11 is 0. The second kappa shape index (κ2) is 12.7. The first kappa shape index (κ1) is 26.0. The molecule has 7 heteroatoms. The normalized spacial score (nSPS) is 28.3. The van der Waals surface area contributed by atoms with Gasteiger partial charge in [-0.3, -0.25) is 9.69 Å². The molecule has 1 aliphatic carbocycles. The van der Waals surface area contributed by atoms with Crippen LogP contribution in [0.5, 0.6) is 0 Å². The number of carbonyl (C=O) groups is 2. The highest BCUT2D eigenvalue weighted by molar-refractivity contribution is 5.96. The Labute approximate surface area is 201 Å². The number of fused-ring (bicyclic) bond motifs is 1. The van der Waals surface area contributed by atoms with E-state index >= 15 is 0 Å². The summed E-state index contributed by atoms with van der Waals surface area (Å²) in [4.78, 5) is 34.9. The number of Topliss-reactive ketones (excluding diaryl/α,β-unsaturated/α-hetero) is 1. The molecular weight excluding hydrogens is 414 g/mol. The van der Waals surface area contributed by atoms with Crippen LogP contribution in [0.4, 0.5) is 4.79 Å². The quantitative estimate of drug-likeness (QED) is 0.563. The molecule has 2 amide bonds. The number of rotatable bonds is 8. The Bertz CT molecular complexity index is 672. The van der Waals surface area contributed by atoms with Gasteiger partial charge in [0.2, 0.25) is 0 Å². The minimum atomic E-state index is 0.0579. The van der Waals surface area contributed by atoms with Gasteiger partial charge in [-0.2, -0.15) is 0 Å². The maximum Gasteiger partial charge on any atom is 0.317 e. The summed E-state index contributed by atoms with van der Waals surface area (Å²) in [5, 5.41) is 3.34. The molecule has 3 fully saturated rings. The summed E-state index contributed by atoms with van der Waals surface area (Å²) in [6.45, 7) is 11.0. The molecule has 1 saturated carbocycles. The SMILES string of the molecule is CCCN1C[C@@H](NC(=O)N(CC)CCN2CCCCCC2)C[C@@H]2CC(=O)C(=CN(C)C)C[C@H]21. The third-order valence-electron chi connectivity index (χ3n) is 7.60. The third kappa shape index (κ3) is 7.44. The molecule has 0 unspecified atom stereocenters. The first-order chi connectivity index (χ1) is 15.9. The minimum absolute atomic E-state index is 0.0579. The van der Waals surface area contributed by atoms with E-state index in [1.807, 2.05) is 30.1 Å². The average Bonchev–Trinajstić information content (AvgIpc) is 3.04. The fourth-order valence-corrected chi connectivity index (χ4v) is 5.91. The standard InChI is InChI=1S/C26H47N5O2/c1-5-11-31-20-23(16-21-18-25(32)22(17-24(21)31)19-28(3)4)27-26(33)30(6-2)15-14-29-12-9-7-8-10-13-29/h19,21,23-24H,5-18,20H2,1-4H3,(H,27,33)/t21-,23+,24-/m1/s1. The first-order valence-corrected chi connectivity index (χ1v) is 13.3. The molecule has 3 atom stereocenters. The average molecular weight is 462 g/mol. The van der Waals surface area contributed by atoms with E-state index in [0.717, 1.165) is 70.6 Å². The minimum Gasteiger partial charge on any atom is -0.383 e. The summed E-state index contributed by atoms with van der Waals surface area (Å²) in [5.74, 6) is 0.607. The van der Waals surface area contributed by atoms with Crippen molar-refractivity contribution in [3.05, 3.63) is 11.8 Å². The van der Waals surface area contributed by atoms with Crippen LogP contribution < -0.4 is 5.32 Å². The molecule has 2 aliphatic heterocycles. The number of piperidine rings is 1. The Balaban J connectivity index is 1.58. The van der Waals surface area contributed by atoms with E-state index < -0.39 is 0 Å². The van der Waals surface area contributed by atoms with Crippen LogP contribution in [0.2, 0.25) is 0 Å². The predicted molar refractivity (Wildman–Crippen MR) is 134 cm³/mol. The van der Waals surface area contributed by atoms with E-state index in [2.05, 4.69) is 29.0 Å². The first-order valence-electron chi connectivity index (χ1n) is 13.3. The highest BCUT2D eigenvalue weighted by atomic mass is 16.2. The Morgan fingerprint density at radius 1 is 1.09 bits per heavy atom. The zero-order valence-electron chi connectivity index (χ0n) is 21.5. The van der Waals surface area contributed by atoms with Crippen LogP contribution in [-0.2, 0) is 4.79 Å². The van der Waals surface area contributed by atoms with E-state index in [4.69, 9.17) is 0 Å².